The number of Topliss-reactive ketones (excluding diaryl/α,β-unsaturated/α-hetero) is 1. The number of nitrogens with zero attached hydrogens (tertiary/aromatic N) is 1. The number of aryl methyl sites for hydroxylation is 2. The lowest BCUT2D eigenvalue weighted by Gasteiger charge is -2.15. The van der Waals surface area contributed by atoms with Gasteiger partial charge in [-0.2, -0.15) is 5.10 Å². The second kappa shape index (κ2) is 7.69. The Morgan fingerprint density at radius 2 is 1.84 bits per heavy atom. The first-order valence-electron chi connectivity index (χ1n) is 7.62. The first kappa shape index (κ1) is 18.3. The second-order valence-electron chi connectivity index (χ2n) is 5.62. The molecule has 132 valence electrons. The lowest BCUT2D eigenvalue weighted by Crippen LogP contribution is -2.34. The molecule has 1 unspecified atom stereocenters. The van der Waals surface area contributed by atoms with E-state index in [4.69, 9.17) is 0 Å². The molecule has 1 aromatic carbocycles. The van der Waals surface area contributed by atoms with Crippen LogP contribution in [0.3, 0.4) is 0 Å². The van der Waals surface area contributed by atoms with E-state index >= 15 is 0 Å². The maximum Gasteiger partial charge on any atom is 0.331 e. The first-order valence-corrected chi connectivity index (χ1v) is 7.62. The summed E-state index contributed by atoms with van der Waals surface area (Å²) in [4.78, 5) is 35.5. The van der Waals surface area contributed by atoms with Crippen LogP contribution in [0.1, 0.15) is 46.2 Å². The van der Waals surface area contributed by atoms with Crippen LogP contribution in [0.2, 0.25) is 0 Å². The smallest absolute Gasteiger partial charge is 0.331 e. The highest BCUT2D eigenvalue weighted by molar-refractivity contribution is 5.98. The van der Waals surface area contributed by atoms with E-state index in [-0.39, 0.29) is 18.6 Å². The number of aromatic amines is 1. The lowest BCUT2D eigenvalue weighted by atomic mass is 10.0. The van der Waals surface area contributed by atoms with Gasteiger partial charge in [0.1, 0.15) is 5.82 Å². The minimum absolute atomic E-state index is 0.104. The van der Waals surface area contributed by atoms with Crippen LogP contribution < -0.4 is 5.32 Å². The number of amides is 1. The Labute approximate surface area is 143 Å². The SMILES string of the molecule is Cc1n[nH]c(C)c1C(NC(=O)CCC(=O)c1ccc(F)cc1)C(=O)O. The summed E-state index contributed by atoms with van der Waals surface area (Å²) >= 11 is 0. The molecule has 0 spiro atoms. The van der Waals surface area contributed by atoms with E-state index in [1.807, 2.05) is 0 Å². The van der Waals surface area contributed by atoms with Gasteiger partial charge in [0.15, 0.2) is 11.8 Å². The normalized spacial score (nSPS) is 11.8. The van der Waals surface area contributed by atoms with Gasteiger partial charge in [-0.05, 0) is 38.1 Å². The Balaban J connectivity index is 1.99. The van der Waals surface area contributed by atoms with Gasteiger partial charge in [-0.1, -0.05) is 0 Å². The number of rotatable bonds is 7. The van der Waals surface area contributed by atoms with E-state index < -0.39 is 23.7 Å². The zero-order valence-corrected chi connectivity index (χ0v) is 13.8. The van der Waals surface area contributed by atoms with Gasteiger partial charge in [-0.25, -0.2) is 9.18 Å². The summed E-state index contributed by atoms with van der Waals surface area (Å²) in [5, 5.41) is 18.4. The van der Waals surface area contributed by atoms with E-state index in [0.717, 1.165) is 12.1 Å². The molecule has 7 nitrogen and oxygen atoms in total. The first-order chi connectivity index (χ1) is 11.8. The van der Waals surface area contributed by atoms with Crippen molar-refractivity contribution in [1.29, 1.82) is 0 Å². The Bertz CT molecular complexity index is 779. The molecular formula is C17H18FN3O4. The van der Waals surface area contributed by atoms with Crippen molar-refractivity contribution in [3.63, 3.8) is 0 Å². The molecule has 0 fully saturated rings. The third kappa shape index (κ3) is 4.50. The summed E-state index contributed by atoms with van der Waals surface area (Å²) in [6.45, 7) is 3.30. The molecule has 2 rings (SSSR count). The zero-order chi connectivity index (χ0) is 18.6. The van der Waals surface area contributed by atoms with Crippen LogP contribution in [-0.2, 0) is 9.59 Å². The number of ketones is 1. The molecule has 25 heavy (non-hydrogen) atoms. The van der Waals surface area contributed by atoms with Crippen molar-refractivity contribution < 1.29 is 23.9 Å². The fraction of sp³-hybridized carbons (Fsp3) is 0.294. The minimum atomic E-state index is -1.24. The molecule has 3 N–H and O–H groups in total. The molecule has 1 amide bonds. The van der Waals surface area contributed by atoms with Crippen molar-refractivity contribution in [2.24, 2.45) is 0 Å². The predicted octanol–water partition coefficient (Wildman–Crippen LogP) is 2.07. The quantitative estimate of drug-likeness (QED) is 0.664. The van der Waals surface area contributed by atoms with Crippen LogP contribution in [-0.4, -0.2) is 33.0 Å². The summed E-state index contributed by atoms with van der Waals surface area (Å²) in [6, 6.07) is 3.77. The molecule has 8 heteroatoms. The molecule has 1 aromatic heterocycles. The highest BCUT2D eigenvalue weighted by atomic mass is 19.1. The van der Waals surface area contributed by atoms with Gasteiger partial charge in [0, 0.05) is 29.7 Å². The average Bonchev–Trinajstić information content (AvgIpc) is 2.89. The molecule has 0 aliphatic heterocycles. The molecule has 0 aliphatic carbocycles. The molecule has 1 atom stereocenters. The van der Waals surface area contributed by atoms with Gasteiger partial charge in [-0.15, -0.1) is 0 Å². The maximum atomic E-state index is 12.8. The molecule has 1 heterocycles. The third-order valence-corrected chi connectivity index (χ3v) is 3.77. The maximum absolute atomic E-state index is 12.8. The summed E-state index contributed by atoms with van der Waals surface area (Å²) in [6.07, 6.45) is -0.275. The summed E-state index contributed by atoms with van der Waals surface area (Å²) in [5.41, 5.74) is 1.72. The van der Waals surface area contributed by atoms with Crippen molar-refractivity contribution >= 4 is 17.7 Å². The molecule has 0 saturated carbocycles. The van der Waals surface area contributed by atoms with E-state index in [2.05, 4.69) is 15.5 Å². The number of carbonyl (C=O) groups is 3. The number of halogens is 1. The number of benzene rings is 1. The van der Waals surface area contributed by atoms with Crippen molar-refractivity contribution in [2.45, 2.75) is 32.7 Å². The number of nitrogens with one attached hydrogen (secondary N) is 2. The molecule has 0 aliphatic rings. The van der Waals surface area contributed by atoms with Gasteiger partial charge in [0.2, 0.25) is 5.91 Å². The standard InChI is InChI=1S/C17H18FN3O4/c1-9-15(10(2)21-20-9)16(17(24)25)19-14(23)8-7-13(22)11-3-5-12(18)6-4-11/h3-6,16H,7-8H2,1-2H3,(H,19,23)(H,20,21)(H,24,25). The number of aliphatic carboxylic acids is 1. The number of hydrogen-bond donors (Lipinski definition) is 3. The summed E-state index contributed by atoms with van der Waals surface area (Å²) in [5.74, 6) is -2.56. The van der Waals surface area contributed by atoms with Crippen LogP contribution in [0.25, 0.3) is 0 Å². The monoisotopic (exact) mass is 347 g/mol. The number of H-pyrrole nitrogens is 1. The Kier molecular flexibility index (Phi) is 5.63. The fourth-order valence-electron chi connectivity index (χ4n) is 2.48. The van der Waals surface area contributed by atoms with Gasteiger partial charge >= 0.3 is 5.97 Å². The largest absolute Gasteiger partial charge is 0.479 e. The highest BCUT2D eigenvalue weighted by Crippen LogP contribution is 2.20. The summed E-state index contributed by atoms with van der Waals surface area (Å²) in [7, 11) is 0. The van der Waals surface area contributed by atoms with Crippen LogP contribution in [0.15, 0.2) is 24.3 Å². The number of carboxylic acid groups (broad SMARTS) is 1. The van der Waals surface area contributed by atoms with Crippen molar-refractivity contribution in [3.05, 3.63) is 52.6 Å². The van der Waals surface area contributed by atoms with Gasteiger partial charge in [0.05, 0.1) is 5.69 Å². The van der Waals surface area contributed by atoms with Gasteiger partial charge in [0.25, 0.3) is 0 Å². The van der Waals surface area contributed by atoms with E-state index in [0.29, 0.717) is 22.5 Å². The average molecular weight is 347 g/mol. The van der Waals surface area contributed by atoms with E-state index in [9.17, 15) is 23.9 Å². The number of carboxylic acids is 1. The minimum Gasteiger partial charge on any atom is -0.479 e. The number of carbonyl (C=O) groups excluding carboxylic acids is 2. The van der Waals surface area contributed by atoms with E-state index in [1.54, 1.807) is 13.8 Å². The molecule has 0 radical (unpaired) electrons. The van der Waals surface area contributed by atoms with E-state index in [1.165, 1.54) is 12.1 Å². The Hall–Kier alpha value is -3.03. The second-order valence-corrected chi connectivity index (χ2v) is 5.62. The third-order valence-electron chi connectivity index (χ3n) is 3.77. The zero-order valence-electron chi connectivity index (χ0n) is 13.8. The predicted molar refractivity (Wildman–Crippen MR) is 86.5 cm³/mol. The fourth-order valence-corrected chi connectivity index (χ4v) is 2.48. The topological polar surface area (TPSA) is 112 Å². The molecule has 0 saturated heterocycles. The van der Waals surface area contributed by atoms with Gasteiger partial charge < -0.3 is 10.4 Å². The lowest BCUT2D eigenvalue weighted by molar-refractivity contribution is -0.142. The van der Waals surface area contributed by atoms with Crippen LogP contribution in [0.4, 0.5) is 4.39 Å². The van der Waals surface area contributed by atoms with Crippen molar-refractivity contribution in [1.82, 2.24) is 15.5 Å². The van der Waals surface area contributed by atoms with Crippen LogP contribution in [0, 0.1) is 19.7 Å². The van der Waals surface area contributed by atoms with Crippen molar-refractivity contribution in [2.75, 3.05) is 0 Å². The highest BCUT2D eigenvalue weighted by Gasteiger charge is 2.27. The number of aromatic nitrogens is 2. The van der Waals surface area contributed by atoms with Crippen LogP contribution in [0.5, 0.6) is 0 Å². The molecular weight excluding hydrogens is 329 g/mol. The Morgan fingerprint density at radius 1 is 1.20 bits per heavy atom. The Morgan fingerprint density at radius 3 is 2.36 bits per heavy atom. The van der Waals surface area contributed by atoms with Crippen LogP contribution >= 0.6 is 0 Å². The van der Waals surface area contributed by atoms with Crippen molar-refractivity contribution in [3.8, 4) is 0 Å². The number of hydrogen-bond acceptors (Lipinski definition) is 4. The molecule has 2 aromatic rings. The molecule has 0 bridgehead atoms. The summed E-state index contributed by atoms with van der Waals surface area (Å²) < 4.78 is 12.8. The van der Waals surface area contributed by atoms with Gasteiger partial charge in [-0.3, -0.25) is 14.7 Å².